The third-order valence-corrected chi connectivity index (χ3v) is 13.5. The van der Waals surface area contributed by atoms with E-state index in [2.05, 4.69) is 184 Å². The van der Waals surface area contributed by atoms with Gasteiger partial charge in [-0.3, -0.25) is 9.59 Å². The highest BCUT2D eigenvalue weighted by Gasteiger charge is 2.25. The predicted octanol–water partition coefficient (Wildman–Crippen LogP) is 20.7. The van der Waals surface area contributed by atoms with Crippen molar-refractivity contribution in [1.82, 2.24) is 0 Å². The van der Waals surface area contributed by atoms with Gasteiger partial charge in [-0.15, -0.1) is 0 Å². The van der Waals surface area contributed by atoms with Crippen LogP contribution in [0.25, 0.3) is 0 Å². The van der Waals surface area contributed by atoms with Gasteiger partial charge in [0.2, 0.25) is 0 Å². The van der Waals surface area contributed by atoms with Gasteiger partial charge in [0, 0.05) is 12.8 Å². The van der Waals surface area contributed by atoms with E-state index in [0.717, 1.165) is 135 Å². The number of likely N-dealkylation sites (N-methyl/N-ethyl adjacent to an activating group) is 1. The van der Waals surface area contributed by atoms with Crippen molar-refractivity contribution in [3.05, 3.63) is 170 Å². The van der Waals surface area contributed by atoms with E-state index in [1.54, 1.807) is 0 Å². The largest absolute Gasteiger partial charge is 0.477 e. The molecule has 9 heteroatoms. The number of ether oxygens (including phenoxy) is 4. The number of esters is 2. The molecule has 0 aliphatic carbocycles. The fourth-order valence-electron chi connectivity index (χ4n) is 8.44. The Balaban J connectivity index is 4.28. The molecule has 0 rings (SSSR count). The number of carbonyl (C=O) groups excluding carboxylic acids is 2. The van der Waals surface area contributed by atoms with Crippen molar-refractivity contribution < 1.29 is 42.9 Å². The second kappa shape index (κ2) is 64.6. The molecule has 0 radical (unpaired) electrons. The average molecular weight is 1180 g/mol. The molecule has 0 spiro atoms. The first-order valence-electron chi connectivity index (χ1n) is 33.3. The SMILES string of the molecule is CC/C=C\C/C=C\C/C=C\C/C=C\C/C=C\C/C=C\C/C=C\C/C=C\C/C=C\C/C=C\CCCCCCC(=O)OC(COC(=O)CCCCCCCCCCCCCC/C=C\C/C=C\C/C=C\C/C=C\CC)COC(OCC[N+](C)(C)C)C(=O)O. The Bertz CT molecular complexity index is 2000. The number of rotatable bonds is 59. The van der Waals surface area contributed by atoms with E-state index in [9.17, 15) is 19.5 Å². The van der Waals surface area contributed by atoms with Crippen molar-refractivity contribution in [3.8, 4) is 0 Å². The summed E-state index contributed by atoms with van der Waals surface area (Å²) >= 11 is 0. The molecule has 0 aromatic carbocycles. The lowest BCUT2D eigenvalue weighted by molar-refractivity contribution is -0.870. The number of hydrogen-bond donors (Lipinski definition) is 1. The van der Waals surface area contributed by atoms with Crippen LogP contribution in [0.2, 0.25) is 0 Å². The third kappa shape index (κ3) is 66.0. The minimum Gasteiger partial charge on any atom is -0.477 e. The molecule has 2 atom stereocenters. The number of carboxylic acids is 1. The molecule has 0 heterocycles. The van der Waals surface area contributed by atoms with Gasteiger partial charge in [-0.1, -0.05) is 261 Å². The van der Waals surface area contributed by atoms with Gasteiger partial charge in [0.25, 0.3) is 6.29 Å². The molecule has 0 amide bonds. The molecule has 478 valence electrons. The highest BCUT2D eigenvalue weighted by Crippen LogP contribution is 2.15. The summed E-state index contributed by atoms with van der Waals surface area (Å²) in [5, 5.41) is 9.74. The fourth-order valence-corrected chi connectivity index (χ4v) is 8.44. The molecule has 0 saturated carbocycles. The molecule has 0 fully saturated rings. The quantitative estimate of drug-likeness (QED) is 0.0211. The normalized spacial score (nSPS) is 13.8. The van der Waals surface area contributed by atoms with Crippen LogP contribution in [0.4, 0.5) is 0 Å². The number of allylic oxidation sites excluding steroid dienone is 28. The van der Waals surface area contributed by atoms with Crippen LogP contribution in [-0.4, -0.2) is 87.4 Å². The Morgan fingerprint density at radius 3 is 0.941 bits per heavy atom. The molecule has 0 bridgehead atoms. The van der Waals surface area contributed by atoms with Crippen molar-refractivity contribution in [2.24, 2.45) is 0 Å². The zero-order chi connectivity index (χ0) is 61.9. The van der Waals surface area contributed by atoms with Crippen LogP contribution in [0.5, 0.6) is 0 Å². The average Bonchev–Trinajstić information content (AvgIpc) is 3.48. The van der Waals surface area contributed by atoms with E-state index in [-0.39, 0.29) is 38.6 Å². The maximum atomic E-state index is 12.9. The smallest absolute Gasteiger partial charge is 0.361 e. The van der Waals surface area contributed by atoms with E-state index in [1.807, 2.05) is 21.1 Å². The maximum Gasteiger partial charge on any atom is 0.361 e. The van der Waals surface area contributed by atoms with Crippen LogP contribution in [0.3, 0.4) is 0 Å². The minimum atomic E-state index is -1.53. The van der Waals surface area contributed by atoms with Crippen LogP contribution < -0.4 is 0 Å². The van der Waals surface area contributed by atoms with Crippen LogP contribution in [0.15, 0.2) is 170 Å². The van der Waals surface area contributed by atoms with Crippen molar-refractivity contribution in [3.63, 3.8) is 0 Å². The fraction of sp³-hybridized carbons (Fsp3) is 0.592. The van der Waals surface area contributed by atoms with Crippen molar-refractivity contribution >= 4 is 17.9 Å². The molecule has 1 N–H and O–H groups in total. The summed E-state index contributed by atoms with van der Waals surface area (Å²) in [7, 11) is 5.95. The summed E-state index contributed by atoms with van der Waals surface area (Å²) in [6.45, 7) is 4.60. The van der Waals surface area contributed by atoms with Gasteiger partial charge in [-0.05, 0) is 128 Å². The Hall–Kier alpha value is -5.35. The molecule has 0 aliphatic heterocycles. The Kier molecular flexibility index (Phi) is 60.6. The maximum absolute atomic E-state index is 12.9. The lowest BCUT2D eigenvalue weighted by Gasteiger charge is -2.25. The summed E-state index contributed by atoms with van der Waals surface area (Å²) < 4.78 is 22.9. The van der Waals surface area contributed by atoms with E-state index in [1.165, 1.54) is 64.2 Å². The van der Waals surface area contributed by atoms with E-state index in [0.29, 0.717) is 17.4 Å². The number of nitrogens with zero attached hydrogens (tertiary/aromatic N) is 1. The second-order valence-electron chi connectivity index (χ2n) is 22.7. The van der Waals surface area contributed by atoms with Crippen LogP contribution >= 0.6 is 0 Å². The molecule has 0 aliphatic rings. The third-order valence-electron chi connectivity index (χ3n) is 13.5. The molecule has 85 heavy (non-hydrogen) atoms. The standard InChI is InChI=1S/C76H121NO8/c1-6-8-10-12-14-16-18-20-22-24-26-28-30-32-33-34-35-36-37-38-39-40-41-43-45-47-49-51-53-55-57-59-61-63-65-67-74(79)85-72(71-84-76(75(80)81)82-69-68-77(3,4)5)70-83-73(78)66-64-62-60-58-56-54-52-50-48-46-44-42-31-29-27-25-23-21-19-17-15-13-11-9-7-2/h8-11,14-17,20-23,26-29,32-33,35-36,38-39,41,43,47,49,53,55,72,76H,6-7,12-13,18-19,24-25,30-31,34,37,40,42,44-46,48,50-52,54,56-71H2,1-5H3/p+1/b10-8-,11-9-,16-14-,17-15-,22-20-,23-21-,28-26-,29-27-,33-32-,36-35-,39-38-,43-41-,49-47-,55-53-. The number of hydrogen-bond acceptors (Lipinski definition) is 7. The molecule has 0 aromatic rings. The van der Waals surface area contributed by atoms with Crippen molar-refractivity contribution in [2.75, 3.05) is 47.5 Å². The first-order valence-corrected chi connectivity index (χ1v) is 33.3. The van der Waals surface area contributed by atoms with Gasteiger partial charge in [0.05, 0.1) is 34.4 Å². The summed E-state index contributed by atoms with van der Waals surface area (Å²) in [5.74, 6) is -2.06. The summed E-state index contributed by atoms with van der Waals surface area (Å²) in [5.41, 5.74) is 0. The van der Waals surface area contributed by atoms with Crippen LogP contribution in [-0.2, 0) is 33.3 Å². The molecule has 9 nitrogen and oxygen atoms in total. The van der Waals surface area contributed by atoms with Gasteiger partial charge in [-0.25, -0.2) is 4.79 Å². The summed E-state index contributed by atoms with van der Waals surface area (Å²) in [4.78, 5) is 37.6. The van der Waals surface area contributed by atoms with Crippen LogP contribution in [0.1, 0.15) is 232 Å². The first-order chi connectivity index (χ1) is 41.6. The lowest BCUT2D eigenvalue weighted by Crippen LogP contribution is -2.40. The van der Waals surface area contributed by atoms with E-state index in [4.69, 9.17) is 18.9 Å². The Morgan fingerprint density at radius 2 is 0.635 bits per heavy atom. The number of carboxylic acid groups (broad SMARTS) is 1. The Labute approximate surface area is 520 Å². The first kappa shape index (κ1) is 79.7. The predicted molar refractivity (Wildman–Crippen MR) is 363 cm³/mol. The minimum absolute atomic E-state index is 0.173. The van der Waals surface area contributed by atoms with E-state index < -0.39 is 24.3 Å². The Morgan fingerprint density at radius 1 is 0.353 bits per heavy atom. The molecule has 0 aromatic heterocycles. The highest BCUT2D eigenvalue weighted by atomic mass is 16.7. The number of quaternary nitrogens is 1. The molecular formula is C76H122NO8+. The zero-order valence-corrected chi connectivity index (χ0v) is 54.4. The van der Waals surface area contributed by atoms with Gasteiger partial charge in [0.1, 0.15) is 13.2 Å². The lowest BCUT2D eigenvalue weighted by atomic mass is 10.0. The van der Waals surface area contributed by atoms with Crippen LogP contribution in [0, 0.1) is 0 Å². The molecular weight excluding hydrogens is 1050 g/mol. The van der Waals surface area contributed by atoms with Crippen molar-refractivity contribution in [2.45, 2.75) is 245 Å². The van der Waals surface area contributed by atoms with Gasteiger partial charge >= 0.3 is 17.9 Å². The molecule has 2 unspecified atom stereocenters. The van der Waals surface area contributed by atoms with Gasteiger partial charge in [0.15, 0.2) is 6.10 Å². The van der Waals surface area contributed by atoms with Crippen molar-refractivity contribution in [1.29, 1.82) is 0 Å². The number of carbonyl (C=O) groups is 3. The summed E-state index contributed by atoms with van der Waals surface area (Å²) in [6, 6.07) is 0. The topological polar surface area (TPSA) is 108 Å². The molecule has 0 saturated heterocycles. The van der Waals surface area contributed by atoms with Gasteiger partial charge < -0.3 is 28.5 Å². The van der Waals surface area contributed by atoms with E-state index >= 15 is 0 Å². The highest BCUT2D eigenvalue weighted by molar-refractivity contribution is 5.71. The number of unbranched alkanes of at least 4 members (excludes halogenated alkanes) is 16. The second-order valence-corrected chi connectivity index (χ2v) is 22.7. The summed E-state index contributed by atoms with van der Waals surface area (Å²) in [6.07, 6.45) is 94.5. The zero-order valence-electron chi connectivity index (χ0n) is 54.4. The number of aliphatic carboxylic acids is 1. The van der Waals surface area contributed by atoms with Gasteiger partial charge in [-0.2, -0.15) is 0 Å². The monoisotopic (exact) mass is 1180 g/mol.